The van der Waals surface area contributed by atoms with Gasteiger partial charge in [-0.1, -0.05) is 0 Å². The zero-order valence-electron chi connectivity index (χ0n) is 11.3. The molecule has 94 valence electrons. The van der Waals surface area contributed by atoms with Crippen molar-refractivity contribution in [2.75, 3.05) is 33.8 Å². The van der Waals surface area contributed by atoms with Crippen LogP contribution < -0.4 is 0 Å². The summed E-state index contributed by atoms with van der Waals surface area (Å²) < 4.78 is 5.71. The largest absolute Gasteiger partial charge is 0.459 e. The van der Waals surface area contributed by atoms with E-state index in [2.05, 4.69) is 0 Å². The van der Waals surface area contributed by atoms with Crippen molar-refractivity contribution in [1.29, 1.82) is 0 Å². The number of carbonyl (C=O) groups excluding carboxylic acids is 2. The quantitative estimate of drug-likeness (QED) is 0.527. The molecule has 0 N–H and O–H groups in total. The Labute approximate surface area is 98.2 Å². The first kappa shape index (κ1) is 15.1. The van der Waals surface area contributed by atoms with Crippen molar-refractivity contribution in [3.8, 4) is 0 Å². The number of hydrogen-bond acceptors (Lipinski definition) is 3. The van der Waals surface area contributed by atoms with Gasteiger partial charge in [0.15, 0.2) is 5.78 Å². The van der Waals surface area contributed by atoms with Crippen LogP contribution in [0.3, 0.4) is 0 Å². The van der Waals surface area contributed by atoms with E-state index < -0.39 is 5.41 Å². The first-order valence-corrected chi connectivity index (χ1v) is 5.53. The lowest BCUT2D eigenvalue weighted by Crippen LogP contribution is -2.46. The van der Waals surface area contributed by atoms with Gasteiger partial charge in [0.2, 0.25) is 0 Å². The number of carbonyl (C=O) groups is 2. The van der Waals surface area contributed by atoms with Crippen molar-refractivity contribution in [3.05, 3.63) is 0 Å². The molecule has 0 unspecified atom stereocenters. The van der Waals surface area contributed by atoms with Crippen molar-refractivity contribution >= 4 is 11.8 Å². The van der Waals surface area contributed by atoms with Crippen LogP contribution in [0, 0.1) is 5.41 Å². The molecule has 0 aliphatic carbocycles. The lowest BCUT2D eigenvalue weighted by molar-refractivity contribution is -0.882. The second-order valence-corrected chi connectivity index (χ2v) is 5.91. The summed E-state index contributed by atoms with van der Waals surface area (Å²) >= 11 is 0. The summed E-state index contributed by atoms with van der Waals surface area (Å²) in [6, 6.07) is 0. The third-order valence-corrected chi connectivity index (χ3v) is 2.19. The van der Waals surface area contributed by atoms with E-state index in [1.54, 1.807) is 6.92 Å². The number of rotatable bonds is 5. The van der Waals surface area contributed by atoms with E-state index in [9.17, 15) is 9.59 Å². The number of ether oxygens (including phenoxy) is 1. The average Bonchev–Trinajstić information content (AvgIpc) is 1.98. The highest BCUT2D eigenvalue weighted by molar-refractivity contribution is 5.76. The maximum absolute atomic E-state index is 11.5. The maximum Gasteiger partial charge on any atom is 0.311 e. The zero-order valence-corrected chi connectivity index (χ0v) is 11.3. The second kappa shape index (κ2) is 5.43. The predicted octanol–water partition coefficient (Wildman–Crippen LogP) is 1.24. The van der Waals surface area contributed by atoms with Crippen molar-refractivity contribution in [3.63, 3.8) is 0 Å². The SMILES string of the molecule is CC(=O)C[N+](C)(C)CCOC(=O)C(C)(C)C. The summed E-state index contributed by atoms with van der Waals surface area (Å²) in [6.07, 6.45) is 0. The molecule has 0 saturated carbocycles. The van der Waals surface area contributed by atoms with Crippen LogP contribution >= 0.6 is 0 Å². The summed E-state index contributed by atoms with van der Waals surface area (Å²) in [6.45, 7) is 8.52. The van der Waals surface area contributed by atoms with Crippen LogP contribution in [0.25, 0.3) is 0 Å². The van der Waals surface area contributed by atoms with Gasteiger partial charge in [-0.3, -0.25) is 9.59 Å². The number of esters is 1. The highest BCUT2D eigenvalue weighted by Gasteiger charge is 2.24. The Hall–Kier alpha value is -0.900. The van der Waals surface area contributed by atoms with Crippen molar-refractivity contribution < 1.29 is 18.8 Å². The molecule has 0 radical (unpaired) electrons. The summed E-state index contributed by atoms with van der Waals surface area (Å²) in [5.74, 6) is -0.0533. The monoisotopic (exact) mass is 230 g/mol. The summed E-state index contributed by atoms with van der Waals surface area (Å²) in [7, 11) is 3.90. The van der Waals surface area contributed by atoms with Crippen molar-refractivity contribution in [2.24, 2.45) is 5.41 Å². The van der Waals surface area contributed by atoms with E-state index >= 15 is 0 Å². The molecule has 0 saturated heterocycles. The number of ketones is 1. The molecule has 4 heteroatoms. The van der Waals surface area contributed by atoms with Gasteiger partial charge < -0.3 is 9.22 Å². The third kappa shape index (κ3) is 6.56. The van der Waals surface area contributed by atoms with Gasteiger partial charge in [-0.25, -0.2) is 0 Å². The second-order valence-electron chi connectivity index (χ2n) is 5.91. The smallest absolute Gasteiger partial charge is 0.311 e. The van der Waals surface area contributed by atoms with E-state index in [1.165, 1.54) is 0 Å². The zero-order chi connectivity index (χ0) is 13.0. The van der Waals surface area contributed by atoms with E-state index in [1.807, 2.05) is 34.9 Å². The van der Waals surface area contributed by atoms with Gasteiger partial charge in [0, 0.05) is 6.92 Å². The van der Waals surface area contributed by atoms with Gasteiger partial charge in [0.25, 0.3) is 0 Å². The molecule has 0 heterocycles. The van der Waals surface area contributed by atoms with Crippen LogP contribution in [0.1, 0.15) is 27.7 Å². The fraction of sp³-hybridized carbons (Fsp3) is 0.833. The fourth-order valence-corrected chi connectivity index (χ4v) is 1.28. The average molecular weight is 230 g/mol. The van der Waals surface area contributed by atoms with E-state index in [4.69, 9.17) is 4.74 Å². The highest BCUT2D eigenvalue weighted by atomic mass is 16.5. The number of quaternary nitrogens is 1. The van der Waals surface area contributed by atoms with Gasteiger partial charge in [-0.05, 0) is 20.8 Å². The van der Waals surface area contributed by atoms with E-state index in [0.717, 1.165) is 0 Å². The Morgan fingerprint density at radius 1 is 1.19 bits per heavy atom. The molecule has 0 rings (SSSR count). The fourth-order valence-electron chi connectivity index (χ4n) is 1.28. The van der Waals surface area contributed by atoms with Gasteiger partial charge in [0.05, 0.1) is 19.5 Å². The van der Waals surface area contributed by atoms with Gasteiger partial charge in [0.1, 0.15) is 19.7 Å². The Morgan fingerprint density at radius 2 is 1.69 bits per heavy atom. The topological polar surface area (TPSA) is 43.4 Å². The molecule has 0 fully saturated rings. The van der Waals surface area contributed by atoms with Gasteiger partial charge >= 0.3 is 5.97 Å². The Bertz CT molecular complexity index is 264. The lowest BCUT2D eigenvalue weighted by Gasteiger charge is -2.28. The third-order valence-electron chi connectivity index (χ3n) is 2.19. The first-order chi connectivity index (χ1) is 7.04. The van der Waals surface area contributed by atoms with Crippen LogP contribution in [0.15, 0.2) is 0 Å². The minimum absolute atomic E-state index is 0.146. The number of nitrogens with zero attached hydrogens (tertiary/aromatic N) is 1. The molecule has 0 spiro atoms. The number of hydrogen-bond donors (Lipinski definition) is 0. The minimum Gasteiger partial charge on any atom is -0.459 e. The lowest BCUT2D eigenvalue weighted by atomic mass is 9.97. The van der Waals surface area contributed by atoms with Crippen molar-refractivity contribution in [1.82, 2.24) is 0 Å². The molecule has 4 nitrogen and oxygen atoms in total. The molecular weight excluding hydrogens is 206 g/mol. The molecule has 0 aromatic rings. The Morgan fingerprint density at radius 3 is 2.06 bits per heavy atom. The number of Topliss-reactive ketones (excluding diaryl/α,β-unsaturated/α-hetero) is 1. The Balaban J connectivity index is 3.99. The summed E-state index contributed by atoms with van der Waals surface area (Å²) in [4.78, 5) is 22.5. The molecular formula is C12H24NO3+. The predicted molar refractivity (Wildman–Crippen MR) is 62.9 cm³/mol. The van der Waals surface area contributed by atoms with Gasteiger partial charge in [-0.15, -0.1) is 0 Å². The molecule has 0 amide bonds. The summed E-state index contributed by atoms with van der Waals surface area (Å²) in [5, 5.41) is 0. The van der Waals surface area contributed by atoms with E-state index in [-0.39, 0.29) is 11.8 Å². The van der Waals surface area contributed by atoms with Gasteiger partial charge in [-0.2, -0.15) is 0 Å². The standard InChI is InChI=1S/C12H24NO3/c1-10(14)9-13(5,6)7-8-16-11(15)12(2,3)4/h7-9H2,1-6H3/q+1. The number of likely N-dealkylation sites (N-methyl/N-ethyl adjacent to an activating group) is 1. The minimum atomic E-state index is -0.461. The molecule has 0 aliphatic rings. The highest BCUT2D eigenvalue weighted by Crippen LogP contribution is 2.15. The molecule has 0 aromatic heterocycles. The maximum atomic E-state index is 11.5. The molecule has 0 aromatic carbocycles. The van der Waals surface area contributed by atoms with Crippen LogP contribution in [-0.4, -0.2) is 50.0 Å². The van der Waals surface area contributed by atoms with Crippen LogP contribution in [0.5, 0.6) is 0 Å². The van der Waals surface area contributed by atoms with Crippen LogP contribution in [0.2, 0.25) is 0 Å². The molecule has 0 bridgehead atoms. The molecule has 16 heavy (non-hydrogen) atoms. The van der Waals surface area contributed by atoms with Crippen LogP contribution in [-0.2, 0) is 14.3 Å². The van der Waals surface area contributed by atoms with Crippen molar-refractivity contribution in [2.45, 2.75) is 27.7 Å². The molecule has 0 aliphatic heterocycles. The Kier molecular flexibility index (Phi) is 5.13. The normalized spacial score (nSPS) is 12.4. The van der Waals surface area contributed by atoms with E-state index in [0.29, 0.717) is 24.2 Å². The summed E-state index contributed by atoms with van der Waals surface area (Å²) in [5.41, 5.74) is -0.461. The first-order valence-electron chi connectivity index (χ1n) is 5.53. The van der Waals surface area contributed by atoms with Crippen LogP contribution in [0.4, 0.5) is 0 Å². The molecule has 0 atom stereocenters.